The van der Waals surface area contributed by atoms with Crippen molar-refractivity contribution in [3.8, 4) is 0 Å². The molecule has 8 heteroatoms. The molecule has 1 amide bonds. The second-order valence-electron chi connectivity index (χ2n) is 8.34. The molecule has 0 radical (unpaired) electrons. The van der Waals surface area contributed by atoms with Crippen molar-refractivity contribution in [2.75, 3.05) is 44.2 Å². The molecule has 0 atom stereocenters. The van der Waals surface area contributed by atoms with Crippen LogP contribution in [-0.4, -0.2) is 55.2 Å². The molecule has 1 fully saturated rings. The second-order valence-corrected chi connectivity index (χ2v) is 9.12. The van der Waals surface area contributed by atoms with Gasteiger partial charge in [0.05, 0.1) is 21.4 Å². The van der Waals surface area contributed by atoms with E-state index in [-0.39, 0.29) is 17.1 Å². The fourth-order valence-corrected chi connectivity index (χ4v) is 3.69. The number of nitrogens with one attached hydrogen (secondary N) is 1. The number of piperazine rings is 1. The summed E-state index contributed by atoms with van der Waals surface area (Å²) in [5.74, 6) is 0.0513. The van der Waals surface area contributed by atoms with Crippen LogP contribution in [0.1, 0.15) is 43.4 Å². The zero-order valence-electron chi connectivity index (χ0n) is 17.2. The average Bonchev–Trinajstić information content (AvgIpc) is 3.19. The minimum atomic E-state index is -0.214. The minimum Gasteiger partial charge on any atom is -0.368 e. The molecule has 1 aromatic carbocycles. The number of rotatable bonds is 6. The second kappa shape index (κ2) is 9.37. The summed E-state index contributed by atoms with van der Waals surface area (Å²) in [6.07, 6.45) is 0.879. The minimum absolute atomic E-state index is 0.139. The van der Waals surface area contributed by atoms with Gasteiger partial charge < -0.3 is 14.7 Å². The monoisotopic (exact) mass is 438 g/mol. The summed E-state index contributed by atoms with van der Waals surface area (Å²) in [6.45, 7) is 11.3. The summed E-state index contributed by atoms with van der Waals surface area (Å²) < 4.78 is 5.17. The highest BCUT2D eigenvalue weighted by atomic mass is 35.5. The summed E-state index contributed by atoms with van der Waals surface area (Å²) in [5, 5.41) is 8.10. The number of benzene rings is 1. The van der Waals surface area contributed by atoms with Gasteiger partial charge >= 0.3 is 0 Å². The van der Waals surface area contributed by atoms with E-state index in [1.165, 1.54) is 0 Å². The van der Waals surface area contributed by atoms with Gasteiger partial charge in [-0.1, -0.05) is 55.2 Å². The molecule has 2 aromatic rings. The number of halogens is 2. The molecule has 0 unspecified atom stereocenters. The molecule has 3 rings (SSSR count). The van der Waals surface area contributed by atoms with Crippen LogP contribution in [0.2, 0.25) is 10.0 Å². The van der Waals surface area contributed by atoms with Gasteiger partial charge in [0.25, 0.3) is 5.91 Å². The quantitative estimate of drug-likeness (QED) is 0.683. The third-order valence-corrected chi connectivity index (χ3v) is 5.89. The molecule has 0 bridgehead atoms. The highest BCUT2D eigenvalue weighted by molar-refractivity contribution is 6.43. The Labute approximate surface area is 182 Å². The van der Waals surface area contributed by atoms with Crippen molar-refractivity contribution in [2.45, 2.75) is 32.6 Å². The Kier molecular flexibility index (Phi) is 7.09. The number of hydrogen-bond acceptors (Lipinski definition) is 5. The van der Waals surface area contributed by atoms with Crippen molar-refractivity contribution in [1.82, 2.24) is 15.4 Å². The number of carbonyl (C=O) groups excluding carboxylic acids is 1. The first-order valence-electron chi connectivity index (χ1n) is 9.92. The normalized spacial score (nSPS) is 15.6. The summed E-state index contributed by atoms with van der Waals surface area (Å²) in [4.78, 5) is 16.9. The molecule has 158 valence electrons. The largest absolute Gasteiger partial charge is 0.368 e. The summed E-state index contributed by atoms with van der Waals surface area (Å²) >= 11 is 12.5. The van der Waals surface area contributed by atoms with E-state index in [0.29, 0.717) is 16.6 Å². The molecule has 1 aliphatic rings. The van der Waals surface area contributed by atoms with Crippen molar-refractivity contribution in [3.63, 3.8) is 0 Å². The summed E-state index contributed by atoms with van der Waals surface area (Å²) in [7, 11) is 0. The predicted molar refractivity (Wildman–Crippen MR) is 117 cm³/mol. The van der Waals surface area contributed by atoms with Gasteiger partial charge in [-0.05, 0) is 25.1 Å². The third-order valence-electron chi connectivity index (χ3n) is 5.08. The van der Waals surface area contributed by atoms with Crippen molar-refractivity contribution >= 4 is 34.8 Å². The van der Waals surface area contributed by atoms with Gasteiger partial charge in [0.1, 0.15) is 0 Å². The fourth-order valence-electron chi connectivity index (χ4n) is 3.28. The summed E-state index contributed by atoms with van der Waals surface area (Å²) in [5.41, 5.74) is 1.63. The molecule has 2 heterocycles. The van der Waals surface area contributed by atoms with Crippen LogP contribution >= 0.6 is 23.2 Å². The molecule has 0 spiro atoms. The Morgan fingerprint density at radius 3 is 2.59 bits per heavy atom. The van der Waals surface area contributed by atoms with E-state index < -0.39 is 0 Å². The van der Waals surface area contributed by atoms with Crippen LogP contribution in [0.25, 0.3) is 0 Å². The molecular weight excluding hydrogens is 411 g/mol. The van der Waals surface area contributed by atoms with Crippen molar-refractivity contribution < 1.29 is 9.32 Å². The van der Waals surface area contributed by atoms with Gasteiger partial charge in [0.2, 0.25) is 5.76 Å². The lowest BCUT2D eigenvalue weighted by atomic mass is 9.92. The average molecular weight is 439 g/mol. The molecule has 0 aliphatic carbocycles. The van der Waals surface area contributed by atoms with Gasteiger partial charge in [-0.2, -0.15) is 0 Å². The van der Waals surface area contributed by atoms with Gasteiger partial charge in [0.15, 0.2) is 0 Å². The SMILES string of the molecule is CC(C)(C)c1cc(C(=O)NCCCN2CCN(c3cccc(Cl)c3Cl)CC2)on1. The Morgan fingerprint density at radius 1 is 1.21 bits per heavy atom. The van der Waals surface area contributed by atoms with Gasteiger partial charge in [-0.25, -0.2) is 0 Å². The Hall–Kier alpha value is -1.76. The van der Waals surface area contributed by atoms with Crippen LogP contribution in [0.5, 0.6) is 0 Å². The zero-order valence-corrected chi connectivity index (χ0v) is 18.7. The molecule has 6 nitrogen and oxygen atoms in total. The maximum atomic E-state index is 12.2. The summed E-state index contributed by atoms with van der Waals surface area (Å²) in [6, 6.07) is 7.46. The lowest BCUT2D eigenvalue weighted by molar-refractivity contribution is 0.0914. The number of hydrogen-bond donors (Lipinski definition) is 1. The molecule has 1 aliphatic heterocycles. The topological polar surface area (TPSA) is 61.6 Å². The van der Waals surface area contributed by atoms with E-state index in [1.807, 2.05) is 32.9 Å². The first kappa shape index (κ1) is 21.9. The van der Waals surface area contributed by atoms with E-state index in [4.69, 9.17) is 27.7 Å². The molecule has 1 aromatic heterocycles. The van der Waals surface area contributed by atoms with Crippen molar-refractivity contribution in [1.29, 1.82) is 0 Å². The van der Waals surface area contributed by atoms with Crippen LogP contribution in [0.15, 0.2) is 28.8 Å². The number of amides is 1. The first-order chi connectivity index (χ1) is 13.8. The lowest BCUT2D eigenvalue weighted by Gasteiger charge is -2.36. The highest BCUT2D eigenvalue weighted by Crippen LogP contribution is 2.32. The number of aromatic nitrogens is 1. The molecule has 1 saturated heterocycles. The Morgan fingerprint density at radius 2 is 1.93 bits per heavy atom. The van der Waals surface area contributed by atoms with Crippen LogP contribution in [0, 0.1) is 0 Å². The van der Waals surface area contributed by atoms with Crippen molar-refractivity contribution in [2.24, 2.45) is 0 Å². The number of nitrogens with zero attached hydrogens (tertiary/aromatic N) is 3. The maximum absolute atomic E-state index is 12.2. The number of carbonyl (C=O) groups is 1. The molecular formula is C21H28Cl2N4O2. The number of anilines is 1. The van der Waals surface area contributed by atoms with E-state index in [9.17, 15) is 4.79 Å². The van der Waals surface area contributed by atoms with Gasteiger partial charge in [0, 0.05) is 44.2 Å². The first-order valence-corrected chi connectivity index (χ1v) is 10.7. The highest BCUT2D eigenvalue weighted by Gasteiger charge is 2.22. The van der Waals surface area contributed by atoms with Crippen molar-refractivity contribution in [3.05, 3.63) is 45.8 Å². The van der Waals surface area contributed by atoms with Crippen LogP contribution in [0.4, 0.5) is 5.69 Å². The van der Waals surface area contributed by atoms with Crippen LogP contribution in [0.3, 0.4) is 0 Å². The van der Waals surface area contributed by atoms with Gasteiger partial charge in [-0.3, -0.25) is 9.69 Å². The Bertz CT molecular complexity index is 839. The third kappa shape index (κ3) is 5.65. The van der Waals surface area contributed by atoms with Gasteiger partial charge in [-0.15, -0.1) is 0 Å². The van der Waals surface area contributed by atoms with Crippen LogP contribution in [-0.2, 0) is 5.41 Å². The van der Waals surface area contributed by atoms with Crippen LogP contribution < -0.4 is 10.2 Å². The smallest absolute Gasteiger partial charge is 0.289 e. The zero-order chi connectivity index (χ0) is 21.0. The molecule has 29 heavy (non-hydrogen) atoms. The maximum Gasteiger partial charge on any atom is 0.289 e. The molecule has 0 saturated carbocycles. The standard InChI is InChI=1S/C21H28Cl2N4O2/c1-21(2,3)18-14-17(29-25-18)20(28)24-8-5-9-26-10-12-27(13-11-26)16-7-4-6-15(22)19(16)23/h4,6-7,14H,5,8-13H2,1-3H3,(H,24,28). The molecule has 1 N–H and O–H groups in total. The van der Waals surface area contributed by atoms with E-state index in [2.05, 4.69) is 20.3 Å². The van der Waals surface area contributed by atoms with E-state index in [0.717, 1.165) is 50.5 Å². The fraction of sp³-hybridized carbons (Fsp3) is 0.524. The lowest BCUT2D eigenvalue weighted by Crippen LogP contribution is -2.47. The van der Waals surface area contributed by atoms with E-state index >= 15 is 0 Å². The Balaban J connectivity index is 1.38. The predicted octanol–water partition coefficient (Wildman–Crippen LogP) is 4.22. The van der Waals surface area contributed by atoms with E-state index in [1.54, 1.807) is 12.1 Å².